The SMILES string of the molecule is CCCNc1ccc(C(=O)NCCCNC(=O)CCC)cc1. The van der Waals surface area contributed by atoms with Gasteiger partial charge in [0.2, 0.25) is 5.91 Å². The molecule has 0 aliphatic heterocycles. The lowest BCUT2D eigenvalue weighted by atomic mass is 10.2. The van der Waals surface area contributed by atoms with Crippen molar-refractivity contribution in [3.63, 3.8) is 0 Å². The molecule has 1 rings (SSSR count). The molecule has 0 spiro atoms. The van der Waals surface area contributed by atoms with E-state index in [1.54, 1.807) is 0 Å². The first-order chi connectivity index (χ1) is 10.7. The average Bonchev–Trinajstić information content (AvgIpc) is 2.53. The van der Waals surface area contributed by atoms with Crippen LogP contribution in [0, 0.1) is 0 Å². The van der Waals surface area contributed by atoms with E-state index < -0.39 is 0 Å². The van der Waals surface area contributed by atoms with Gasteiger partial charge in [0.1, 0.15) is 0 Å². The average molecular weight is 305 g/mol. The van der Waals surface area contributed by atoms with Crippen molar-refractivity contribution < 1.29 is 9.59 Å². The minimum absolute atomic E-state index is 0.0731. The lowest BCUT2D eigenvalue weighted by Gasteiger charge is -2.08. The van der Waals surface area contributed by atoms with Crippen LogP contribution in [0.3, 0.4) is 0 Å². The van der Waals surface area contributed by atoms with E-state index in [2.05, 4.69) is 22.9 Å². The normalized spacial score (nSPS) is 10.1. The molecule has 5 nitrogen and oxygen atoms in total. The molecule has 0 radical (unpaired) electrons. The number of hydrogen-bond acceptors (Lipinski definition) is 3. The molecule has 0 heterocycles. The third-order valence-electron chi connectivity index (χ3n) is 3.16. The number of carbonyl (C=O) groups is 2. The van der Waals surface area contributed by atoms with Crippen LogP contribution >= 0.6 is 0 Å². The van der Waals surface area contributed by atoms with Gasteiger partial charge < -0.3 is 16.0 Å². The van der Waals surface area contributed by atoms with Gasteiger partial charge in [0.15, 0.2) is 0 Å². The van der Waals surface area contributed by atoms with E-state index in [-0.39, 0.29) is 11.8 Å². The molecule has 0 saturated heterocycles. The van der Waals surface area contributed by atoms with Gasteiger partial charge in [-0.3, -0.25) is 9.59 Å². The van der Waals surface area contributed by atoms with Gasteiger partial charge in [0.05, 0.1) is 0 Å². The highest BCUT2D eigenvalue weighted by Gasteiger charge is 2.04. The largest absolute Gasteiger partial charge is 0.385 e. The zero-order valence-corrected chi connectivity index (χ0v) is 13.6. The molecule has 1 aromatic carbocycles. The summed E-state index contributed by atoms with van der Waals surface area (Å²) in [7, 11) is 0. The predicted octanol–water partition coefficient (Wildman–Crippen LogP) is 2.54. The van der Waals surface area contributed by atoms with Crippen molar-refractivity contribution in [1.82, 2.24) is 10.6 Å². The van der Waals surface area contributed by atoms with Crippen molar-refractivity contribution in [3.8, 4) is 0 Å². The smallest absolute Gasteiger partial charge is 0.251 e. The second kappa shape index (κ2) is 10.7. The minimum atomic E-state index is -0.0815. The number of nitrogens with one attached hydrogen (secondary N) is 3. The number of carbonyl (C=O) groups excluding carboxylic acids is 2. The van der Waals surface area contributed by atoms with Crippen LogP contribution in [0.5, 0.6) is 0 Å². The maximum atomic E-state index is 12.0. The maximum Gasteiger partial charge on any atom is 0.251 e. The zero-order chi connectivity index (χ0) is 16.2. The fourth-order valence-corrected chi connectivity index (χ4v) is 1.94. The number of rotatable bonds is 10. The molecule has 3 N–H and O–H groups in total. The lowest BCUT2D eigenvalue weighted by Crippen LogP contribution is -2.29. The molecule has 5 heteroatoms. The quantitative estimate of drug-likeness (QED) is 0.582. The molecule has 0 saturated carbocycles. The molecule has 0 aromatic heterocycles. The van der Waals surface area contributed by atoms with Crippen LogP contribution in [-0.4, -0.2) is 31.4 Å². The zero-order valence-electron chi connectivity index (χ0n) is 13.6. The molecule has 0 atom stereocenters. The third-order valence-corrected chi connectivity index (χ3v) is 3.16. The van der Waals surface area contributed by atoms with Crippen molar-refractivity contribution in [2.75, 3.05) is 25.0 Å². The Morgan fingerprint density at radius 2 is 1.59 bits per heavy atom. The third kappa shape index (κ3) is 7.11. The summed E-state index contributed by atoms with van der Waals surface area (Å²) in [5, 5.41) is 8.95. The summed E-state index contributed by atoms with van der Waals surface area (Å²) in [4.78, 5) is 23.2. The number of anilines is 1. The molecule has 2 amide bonds. The molecule has 122 valence electrons. The summed E-state index contributed by atoms with van der Waals surface area (Å²) in [6.07, 6.45) is 3.21. The minimum Gasteiger partial charge on any atom is -0.385 e. The molecule has 22 heavy (non-hydrogen) atoms. The Hall–Kier alpha value is -2.04. The van der Waals surface area contributed by atoms with E-state index in [0.717, 1.165) is 31.5 Å². The first-order valence-corrected chi connectivity index (χ1v) is 8.06. The molecule has 0 unspecified atom stereocenters. The van der Waals surface area contributed by atoms with Crippen LogP contribution in [0.15, 0.2) is 24.3 Å². The van der Waals surface area contributed by atoms with E-state index in [4.69, 9.17) is 0 Å². The summed E-state index contributed by atoms with van der Waals surface area (Å²) in [6, 6.07) is 7.46. The summed E-state index contributed by atoms with van der Waals surface area (Å²) in [6.45, 7) is 6.16. The first-order valence-electron chi connectivity index (χ1n) is 8.06. The Morgan fingerprint density at radius 3 is 2.23 bits per heavy atom. The fourth-order valence-electron chi connectivity index (χ4n) is 1.94. The van der Waals surface area contributed by atoms with Gasteiger partial charge in [-0.05, 0) is 43.5 Å². The second-order valence-electron chi connectivity index (χ2n) is 5.21. The van der Waals surface area contributed by atoms with E-state index >= 15 is 0 Å². The van der Waals surface area contributed by atoms with Gasteiger partial charge in [-0.1, -0.05) is 13.8 Å². The van der Waals surface area contributed by atoms with Crippen molar-refractivity contribution in [1.29, 1.82) is 0 Å². The number of amides is 2. The Bertz CT molecular complexity index is 457. The van der Waals surface area contributed by atoms with Crippen molar-refractivity contribution >= 4 is 17.5 Å². The molecule has 0 aliphatic rings. The van der Waals surface area contributed by atoms with E-state index in [0.29, 0.717) is 25.1 Å². The summed E-state index contributed by atoms with van der Waals surface area (Å²) in [5.41, 5.74) is 1.68. The van der Waals surface area contributed by atoms with Gasteiger partial charge in [-0.25, -0.2) is 0 Å². The monoisotopic (exact) mass is 305 g/mol. The standard InChI is InChI=1S/C17H27N3O2/c1-3-6-16(21)19-12-5-13-20-17(22)14-7-9-15(10-8-14)18-11-4-2/h7-10,18H,3-6,11-13H2,1-2H3,(H,19,21)(H,20,22). The van der Waals surface area contributed by atoms with Gasteiger partial charge in [-0.2, -0.15) is 0 Å². The fraction of sp³-hybridized carbons (Fsp3) is 0.529. The first kappa shape index (κ1) is 18.0. The van der Waals surface area contributed by atoms with E-state index in [1.165, 1.54) is 0 Å². The summed E-state index contributed by atoms with van der Waals surface area (Å²) in [5.74, 6) is -0.00841. The van der Waals surface area contributed by atoms with E-state index in [9.17, 15) is 9.59 Å². The predicted molar refractivity (Wildman–Crippen MR) is 90.1 cm³/mol. The molecular formula is C17H27N3O2. The summed E-state index contributed by atoms with van der Waals surface area (Å²) >= 11 is 0. The van der Waals surface area contributed by atoms with E-state index in [1.807, 2.05) is 31.2 Å². The lowest BCUT2D eigenvalue weighted by molar-refractivity contribution is -0.121. The molecule has 0 bridgehead atoms. The van der Waals surface area contributed by atoms with Crippen LogP contribution in [0.1, 0.15) is 49.9 Å². The van der Waals surface area contributed by atoms with Gasteiger partial charge in [-0.15, -0.1) is 0 Å². The molecule has 0 aliphatic carbocycles. The Labute approximate surface area is 132 Å². The number of hydrogen-bond donors (Lipinski definition) is 3. The Kier molecular flexibility index (Phi) is 8.72. The summed E-state index contributed by atoms with van der Waals surface area (Å²) < 4.78 is 0. The van der Waals surface area contributed by atoms with Crippen LogP contribution < -0.4 is 16.0 Å². The Balaban J connectivity index is 2.23. The maximum absolute atomic E-state index is 12.0. The topological polar surface area (TPSA) is 70.2 Å². The van der Waals surface area contributed by atoms with Gasteiger partial charge in [0.25, 0.3) is 5.91 Å². The highest BCUT2D eigenvalue weighted by molar-refractivity contribution is 5.94. The van der Waals surface area contributed by atoms with Gasteiger partial charge in [0, 0.05) is 37.3 Å². The highest BCUT2D eigenvalue weighted by atomic mass is 16.2. The van der Waals surface area contributed by atoms with Crippen molar-refractivity contribution in [3.05, 3.63) is 29.8 Å². The number of benzene rings is 1. The van der Waals surface area contributed by atoms with Crippen LogP contribution in [0.25, 0.3) is 0 Å². The molecular weight excluding hydrogens is 278 g/mol. The van der Waals surface area contributed by atoms with Crippen molar-refractivity contribution in [2.24, 2.45) is 0 Å². The van der Waals surface area contributed by atoms with Crippen LogP contribution in [0.2, 0.25) is 0 Å². The van der Waals surface area contributed by atoms with Crippen LogP contribution in [0.4, 0.5) is 5.69 Å². The van der Waals surface area contributed by atoms with Gasteiger partial charge >= 0.3 is 0 Å². The highest BCUT2D eigenvalue weighted by Crippen LogP contribution is 2.09. The Morgan fingerprint density at radius 1 is 0.909 bits per heavy atom. The second-order valence-corrected chi connectivity index (χ2v) is 5.21. The van der Waals surface area contributed by atoms with Crippen LogP contribution in [-0.2, 0) is 4.79 Å². The van der Waals surface area contributed by atoms with Crippen molar-refractivity contribution in [2.45, 2.75) is 39.5 Å². The molecule has 0 fully saturated rings. The molecule has 1 aromatic rings.